The summed E-state index contributed by atoms with van der Waals surface area (Å²) in [6, 6.07) is 6.33. The van der Waals surface area contributed by atoms with E-state index >= 15 is 0 Å². The summed E-state index contributed by atoms with van der Waals surface area (Å²) in [6.07, 6.45) is 8.57. The van der Waals surface area contributed by atoms with Crippen LogP contribution in [0.2, 0.25) is 0 Å². The summed E-state index contributed by atoms with van der Waals surface area (Å²) in [7, 11) is 0. The Morgan fingerprint density at radius 3 is 2.23 bits per heavy atom. The quantitative estimate of drug-likeness (QED) is 0.725. The standard InChI is InChI=1S/C25H32N2O4/c1-2-31-23(29)19-5-7-20(8-6-19)26-22(28)21-4-3-9-27(21)24(30)25-13-16-10-17(14-25)12-18(11-16)15-25/h5-8,16-18,21H,2-4,9-15H2,1H3,(H,26,28)/t16?,17?,18?,21-,25?/m1/s1. The van der Waals surface area contributed by atoms with Gasteiger partial charge in [-0.1, -0.05) is 0 Å². The van der Waals surface area contributed by atoms with Crippen molar-refractivity contribution in [3.8, 4) is 0 Å². The molecular weight excluding hydrogens is 392 g/mol. The van der Waals surface area contributed by atoms with Gasteiger partial charge in [0.2, 0.25) is 11.8 Å². The monoisotopic (exact) mass is 424 g/mol. The molecule has 5 aliphatic rings. The number of ether oxygens (including phenoxy) is 1. The average molecular weight is 425 g/mol. The number of nitrogens with zero attached hydrogens (tertiary/aromatic N) is 1. The van der Waals surface area contributed by atoms with Crippen molar-refractivity contribution in [1.82, 2.24) is 4.90 Å². The molecule has 0 radical (unpaired) electrons. The van der Waals surface area contributed by atoms with Crippen LogP contribution in [-0.2, 0) is 14.3 Å². The van der Waals surface area contributed by atoms with Gasteiger partial charge in [0.15, 0.2) is 0 Å². The minimum Gasteiger partial charge on any atom is -0.462 e. The van der Waals surface area contributed by atoms with Crippen LogP contribution in [0.3, 0.4) is 0 Å². The molecule has 4 saturated carbocycles. The third-order valence-corrected chi connectivity index (χ3v) is 7.97. The van der Waals surface area contributed by atoms with E-state index in [0.29, 0.717) is 48.6 Å². The van der Waals surface area contributed by atoms with Crippen molar-refractivity contribution < 1.29 is 19.1 Å². The number of rotatable bonds is 5. The first kappa shape index (κ1) is 20.5. The topological polar surface area (TPSA) is 75.7 Å². The largest absolute Gasteiger partial charge is 0.462 e. The minimum absolute atomic E-state index is 0.125. The van der Waals surface area contributed by atoms with E-state index in [1.165, 1.54) is 19.3 Å². The van der Waals surface area contributed by atoms with Crippen molar-refractivity contribution in [3.05, 3.63) is 29.8 Å². The molecule has 1 atom stereocenters. The van der Waals surface area contributed by atoms with Crippen molar-refractivity contribution >= 4 is 23.5 Å². The number of benzene rings is 1. The van der Waals surface area contributed by atoms with Crippen molar-refractivity contribution in [2.45, 2.75) is 64.3 Å². The van der Waals surface area contributed by atoms with E-state index in [9.17, 15) is 14.4 Å². The normalized spacial score (nSPS) is 33.4. The van der Waals surface area contributed by atoms with E-state index in [4.69, 9.17) is 4.74 Å². The fraction of sp³-hybridized carbons (Fsp3) is 0.640. The van der Waals surface area contributed by atoms with Gasteiger partial charge in [-0.2, -0.15) is 0 Å². The second-order valence-corrected chi connectivity index (χ2v) is 10.1. The van der Waals surface area contributed by atoms with Crippen molar-refractivity contribution in [1.29, 1.82) is 0 Å². The van der Waals surface area contributed by atoms with Gasteiger partial charge in [0.1, 0.15) is 6.04 Å². The lowest BCUT2D eigenvalue weighted by Gasteiger charge is -2.56. The molecule has 6 rings (SSSR count). The molecule has 5 fully saturated rings. The summed E-state index contributed by atoms with van der Waals surface area (Å²) in [5, 5.41) is 2.96. The highest BCUT2D eigenvalue weighted by Gasteiger charge is 2.56. The van der Waals surface area contributed by atoms with Crippen LogP contribution in [0.1, 0.15) is 68.6 Å². The molecule has 2 amide bonds. The Balaban J connectivity index is 1.26. The van der Waals surface area contributed by atoms with Crippen LogP contribution in [0.5, 0.6) is 0 Å². The molecule has 6 heteroatoms. The lowest BCUT2D eigenvalue weighted by atomic mass is 9.49. The van der Waals surface area contributed by atoms with Crippen LogP contribution in [-0.4, -0.2) is 41.9 Å². The smallest absolute Gasteiger partial charge is 0.338 e. The Morgan fingerprint density at radius 2 is 1.65 bits per heavy atom. The molecule has 166 valence electrons. The average Bonchev–Trinajstić information content (AvgIpc) is 3.23. The molecule has 4 bridgehead atoms. The Hall–Kier alpha value is -2.37. The molecule has 1 aliphatic heterocycles. The van der Waals surface area contributed by atoms with Gasteiger partial charge in [0.25, 0.3) is 0 Å². The number of carbonyl (C=O) groups excluding carboxylic acids is 3. The molecule has 6 nitrogen and oxygen atoms in total. The second kappa shape index (κ2) is 7.95. The summed E-state index contributed by atoms with van der Waals surface area (Å²) < 4.78 is 5.00. The highest BCUT2D eigenvalue weighted by molar-refractivity contribution is 5.99. The maximum atomic E-state index is 13.7. The molecule has 4 aliphatic carbocycles. The summed E-state index contributed by atoms with van der Waals surface area (Å²) in [5.41, 5.74) is 0.880. The number of carbonyl (C=O) groups is 3. The maximum absolute atomic E-state index is 13.7. The number of hydrogen-bond donors (Lipinski definition) is 1. The van der Waals surface area contributed by atoms with E-state index in [1.54, 1.807) is 31.2 Å². The van der Waals surface area contributed by atoms with Crippen LogP contribution in [0.15, 0.2) is 24.3 Å². The molecule has 1 N–H and O–H groups in total. The third kappa shape index (κ3) is 3.74. The van der Waals surface area contributed by atoms with Gasteiger partial charge in [-0.15, -0.1) is 0 Å². The SMILES string of the molecule is CCOC(=O)c1ccc(NC(=O)[C@H]2CCCN2C(=O)C23CC4CC(CC(C4)C2)C3)cc1. The molecule has 1 aromatic carbocycles. The molecular formula is C25H32N2O4. The Labute approximate surface area is 183 Å². The van der Waals surface area contributed by atoms with Gasteiger partial charge in [0, 0.05) is 12.2 Å². The van der Waals surface area contributed by atoms with Crippen LogP contribution in [0.25, 0.3) is 0 Å². The molecule has 31 heavy (non-hydrogen) atoms. The summed E-state index contributed by atoms with van der Waals surface area (Å²) in [6.45, 7) is 2.78. The van der Waals surface area contributed by atoms with E-state index in [2.05, 4.69) is 5.32 Å². The predicted octanol–water partition coefficient (Wildman–Crippen LogP) is 4.01. The molecule has 0 spiro atoms. The Bertz CT molecular complexity index is 843. The maximum Gasteiger partial charge on any atom is 0.338 e. The van der Waals surface area contributed by atoms with Gasteiger partial charge in [-0.05, 0) is 100 Å². The van der Waals surface area contributed by atoms with E-state index in [-0.39, 0.29) is 23.2 Å². The second-order valence-electron chi connectivity index (χ2n) is 10.1. The van der Waals surface area contributed by atoms with Crippen LogP contribution in [0, 0.1) is 23.2 Å². The number of esters is 1. The van der Waals surface area contributed by atoms with Crippen molar-refractivity contribution in [2.75, 3.05) is 18.5 Å². The predicted molar refractivity (Wildman–Crippen MR) is 116 cm³/mol. The minimum atomic E-state index is -0.398. The zero-order chi connectivity index (χ0) is 21.6. The highest BCUT2D eigenvalue weighted by Crippen LogP contribution is 2.60. The Kier molecular flexibility index (Phi) is 5.27. The lowest BCUT2D eigenvalue weighted by Crippen LogP contribution is -2.56. The van der Waals surface area contributed by atoms with Gasteiger partial charge >= 0.3 is 5.97 Å². The van der Waals surface area contributed by atoms with Crippen LogP contribution < -0.4 is 5.32 Å². The summed E-state index contributed by atoms with van der Waals surface area (Å²) in [5.74, 6) is 1.87. The zero-order valence-electron chi connectivity index (χ0n) is 18.3. The first-order valence-electron chi connectivity index (χ1n) is 11.9. The number of amides is 2. The van der Waals surface area contributed by atoms with Gasteiger partial charge < -0.3 is 15.0 Å². The summed E-state index contributed by atoms with van der Waals surface area (Å²) in [4.78, 5) is 40.5. The fourth-order valence-corrected chi connectivity index (χ4v) is 7.09. The van der Waals surface area contributed by atoms with Gasteiger partial charge in [0.05, 0.1) is 17.6 Å². The molecule has 0 aromatic heterocycles. The van der Waals surface area contributed by atoms with Crippen LogP contribution in [0.4, 0.5) is 5.69 Å². The molecule has 1 heterocycles. The fourth-order valence-electron chi connectivity index (χ4n) is 7.09. The lowest BCUT2D eigenvalue weighted by molar-refractivity contribution is -0.160. The first-order chi connectivity index (χ1) is 15.0. The van der Waals surface area contributed by atoms with E-state index < -0.39 is 6.04 Å². The molecule has 1 saturated heterocycles. The van der Waals surface area contributed by atoms with Crippen LogP contribution >= 0.6 is 0 Å². The first-order valence-corrected chi connectivity index (χ1v) is 11.9. The van der Waals surface area contributed by atoms with E-state index in [0.717, 1.165) is 25.7 Å². The van der Waals surface area contributed by atoms with E-state index in [1.807, 2.05) is 4.90 Å². The molecule has 1 aromatic rings. The van der Waals surface area contributed by atoms with Crippen molar-refractivity contribution in [2.24, 2.45) is 23.2 Å². The molecule has 0 unspecified atom stereocenters. The van der Waals surface area contributed by atoms with Crippen molar-refractivity contribution in [3.63, 3.8) is 0 Å². The Morgan fingerprint density at radius 1 is 1.03 bits per heavy atom. The van der Waals surface area contributed by atoms with Gasteiger partial charge in [-0.25, -0.2) is 4.79 Å². The third-order valence-electron chi connectivity index (χ3n) is 7.97. The zero-order valence-corrected chi connectivity index (χ0v) is 18.3. The summed E-state index contributed by atoms with van der Waals surface area (Å²) >= 11 is 0. The number of anilines is 1. The van der Waals surface area contributed by atoms with Gasteiger partial charge in [-0.3, -0.25) is 9.59 Å². The number of nitrogens with one attached hydrogen (secondary N) is 1. The number of hydrogen-bond acceptors (Lipinski definition) is 4. The highest BCUT2D eigenvalue weighted by atomic mass is 16.5. The number of likely N-dealkylation sites (tertiary alicyclic amines) is 1.